The summed E-state index contributed by atoms with van der Waals surface area (Å²) in [5.74, 6) is 0.804. The third kappa shape index (κ3) is 2.10. The quantitative estimate of drug-likeness (QED) is 0.748. The number of hydrogen-bond acceptors (Lipinski definition) is 4. The predicted octanol–water partition coefficient (Wildman–Crippen LogP) is 1.90. The molecule has 0 atom stereocenters. The lowest BCUT2D eigenvalue weighted by atomic mass is 10.2. The molecule has 0 aliphatic heterocycles. The van der Waals surface area contributed by atoms with Crippen LogP contribution in [0.5, 0.6) is 0 Å². The van der Waals surface area contributed by atoms with Crippen molar-refractivity contribution in [2.45, 2.75) is 13.3 Å². The number of aryl methyl sites for hydroxylation is 1. The Morgan fingerprint density at radius 2 is 2.33 bits per heavy atom. The van der Waals surface area contributed by atoms with Crippen molar-refractivity contribution in [3.63, 3.8) is 0 Å². The maximum Gasteiger partial charge on any atom is 0.177 e. The maximum absolute atomic E-state index is 5.42. The van der Waals surface area contributed by atoms with Gasteiger partial charge in [0, 0.05) is 6.54 Å². The van der Waals surface area contributed by atoms with Gasteiger partial charge in [0.2, 0.25) is 0 Å². The molecule has 1 aromatic heterocycles. The normalized spacial score (nSPS) is 10.8. The molecule has 0 fully saturated rings. The van der Waals surface area contributed by atoms with Crippen molar-refractivity contribution in [3.8, 4) is 0 Å². The largest absolute Gasteiger partial charge is 0.367 e. The molecule has 0 amide bonds. The Morgan fingerprint density at radius 1 is 1.47 bits per heavy atom. The summed E-state index contributed by atoms with van der Waals surface area (Å²) in [7, 11) is 0. The molecule has 4 heteroatoms. The van der Waals surface area contributed by atoms with E-state index < -0.39 is 0 Å². The zero-order valence-corrected chi connectivity index (χ0v) is 8.79. The van der Waals surface area contributed by atoms with Gasteiger partial charge in [-0.1, -0.05) is 11.2 Å². The minimum atomic E-state index is 0.682. The van der Waals surface area contributed by atoms with E-state index in [1.165, 1.54) is 5.56 Å². The smallest absolute Gasteiger partial charge is 0.177 e. The van der Waals surface area contributed by atoms with Crippen molar-refractivity contribution in [3.05, 3.63) is 23.8 Å². The summed E-state index contributed by atoms with van der Waals surface area (Å²) in [5, 5.41) is 8.21. The van der Waals surface area contributed by atoms with E-state index in [2.05, 4.69) is 10.5 Å². The van der Waals surface area contributed by atoms with Gasteiger partial charge in [-0.3, -0.25) is 0 Å². The Morgan fingerprint density at radius 3 is 3.13 bits per heavy atom. The lowest BCUT2D eigenvalue weighted by molar-refractivity contribution is 0.459. The second kappa shape index (κ2) is 4.31. The summed E-state index contributed by atoms with van der Waals surface area (Å²) >= 11 is 0. The highest BCUT2D eigenvalue weighted by atomic mass is 16.5. The summed E-state index contributed by atoms with van der Waals surface area (Å²) < 4.78 is 5.22. The molecule has 2 rings (SSSR count). The van der Waals surface area contributed by atoms with Crippen LogP contribution in [-0.2, 0) is 0 Å². The van der Waals surface area contributed by atoms with E-state index in [4.69, 9.17) is 10.3 Å². The van der Waals surface area contributed by atoms with Gasteiger partial charge in [0.05, 0.1) is 5.39 Å². The molecule has 0 aliphatic carbocycles. The first-order chi connectivity index (χ1) is 7.31. The fraction of sp³-hybridized carbons (Fsp3) is 0.364. The number of fused-ring (bicyclic) bond motifs is 1. The van der Waals surface area contributed by atoms with E-state index >= 15 is 0 Å². The first kappa shape index (κ1) is 9.98. The Kier molecular flexibility index (Phi) is 2.87. The molecular weight excluding hydrogens is 190 g/mol. The van der Waals surface area contributed by atoms with E-state index in [0.29, 0.717) is 6.54 Å². The van der Waals surface area contributed by atoms with E-state index in [1.807, 2.05) is 25.1 Å². The molecule has 1 aromatic carbocycles. The summed E-state index contributed by atoms with van der Waals surface area (Å²) in [6.45, 7) is 3.54. The second-order valence-electron chi connectivity index (χ2n) is 3.60. The van der Waals surface area contributed by atoms with Gasteiger partial charge in [-0.25, -0.2) is 0 Å². The molecule has 0 aliphatic rings. The third-order valence-electron chi connectivity index (χ3n) is 2.30. The number of rotatable bonds is 4. The van der Waals surface area contributed by atoms with Gasteiger partial charge in [0.1, 0.15) is 0 Å². The molecular formula is C11H15N3O. The topological polar surface area (TPSA) is 64.1 Å². The number of hydrogen-bond donors (Lipinski definition) is 2. The lowest BCUT2D eigenvalue weighted by Crippen LogP contribution is -2.08. The number of nitrogens with two attached hydrogens (primary N) is 1. The summed E-state index contributed by atoms with van der Waals surface area (Å²) in [6, 6.07) is 6.05. The number of anilines is 1. The fourth-order valence-corrected chi connectivity index (χ4v) is 1.48. The number of nitrogens with one attached hydrogen (secondary N) is 1. The third-order valence-corrected chi connectivity index (χ3v) is 2.30. The number of nitrogens with zero attached hydrogens (tertiary/aromatic N) is 1. The van der Waals surface area contributed by atoms with E-state index in [9.17, 15) is 0 Å². The van der Waals surface area contributed by atoms with E-state index in [-0.39, 0.29) is 0 Å². The van der Waals surface area contributed by atoms with Crippen LogP contribution in [0.1, 0.15) is 12.0 Å². The first-order valence-electron chi connectivity index (χ1n) is 5.11. The number of aromatic nitrogens is 1. The summed E-state index contributed by atoms with van der Waals surface area (Å²) in [4.78, 5) is 0. The Labute approximate surface area is 88.4 Å². The average molecular weight is 205 g/mol. The molecule has 0 saturated heterocycles. The molecule has 0 unspecified atom stereocenters. The van der Waals surface area contributed by atoms with Crippen molar-refractivity contribution in [2.75, 3.05) is 18.4 Å². The first-order valence-corrected chi connectivity index (χ1v) is 5.11. The van der Waals surface area contributed by atoms with Crippen LogP contribution >= 0.6 is 0 Å². The molecule has 0 radical (unpaired) electrons. The zero-order valence-electron chi connectivity index (χ0n) is 8.79. The van der Waals surface area contributed by atoms with Crippen molar-refractivity contribution < 1.29 is 4.52 Å². The van der Waals surface area contributed by atoms with Crippen molar-refractivity contribution in [1.82, 2.24) is 5.16 Å². The lowest BCUT2D eigenvalue weighted by Gasteiger charge is -2.00. The van der Waals surface area contributed by atoms with Crippen LogP contribution in [-0.4, -0.2) is 18.2 Å². The Balaban J connectivity index is 2.21. The molecule has 1 heterocycles. The number of benzene rings is 1. The molecule has 0 spiro atoms. The monoisotopic (exact) mass is 205 g/mol. The van der Waals surface area contributed by atoms with Gasteiger partial charge >= 0.3 is 0 Å². The summed E-state index contributed by atoms with van der Waals surface area (Å²) in [5.41, 5.74) is 7.41. The van der Waals surface area contributed by atoms with Crippen LogP contribution in [0, 0.1) is 6.92 Å². The molecule has 0 saturated carbocycles. The van der Waals surface area contributed by atoms with Gasteiger partial charge in [-0.2, -0.15) is 0 Å². The predicted molar refractivity (Wildman–Crippen MR) is 60.9 cm³/mol. The van der Waals surface area contributed by atoms with Crippen molar-refractivity contribution in [2.24, 2.45) is 5.73 Å². The highest BCUT2D eigenvalue weighted by Gasteiger charge is 2.06. The molecule has 0 bridgehead atoms. The standard InChI is InChI=1S/C11H15N3O/c1-8-3-4-9-10(7-8)15-14-11(9)13-6-2-5-12/h3-4,7H,2,5-6,12H2,1H3,(H,13,14). The van der Waals surface area contributed by atoms with Crippen molar-refractivity contribution in [1.29, 1.82) is 0 Å². The highest BCUT2D eigenvalue weighted by Crippen LogP contribution is 2.23. The Bertz CT molecular complexity index is 450. The molecule has 80 valence electrons. The molecule has 15 heavy (non-hydrogen) atoms. The summed E-state index contributed by atoms with van der Waals surface area (Å²) in [6.07, 6.45) is 0.931. The van der Waals surface area contributed by atoms with Crippen LogP contribution in [0.15, 0.2) is 22.7 Å². The molecule has 2 aromatic rings. The SMILES string of the molecule is Cc1ccc2c(NCCCN)noc2c1. The van der Waals surface area contributed by atoms with Gasteiger partial charge in [0.15, 0.2) is 11.4 Å². The van der Waals surface area contributed by atoms with E-state index in [1.54, 1.807) is 0 Å². The van der Waals surface area contributed by atoms with Crippen LogP contribution in [0.25, 0.3) is 11.0 Å². The van der Waals surface area contributed by atoms with E-state index in [0.717, 1.165) is 29.8 Å². The van der Waals surface area contributed by atoms with Crippen molar-refractivity contribution >= 4 is 16.8 Å². The average Bonchev–Trinajstić information content (AvgIpc) is 2.61. The minimum absolute atomic E-state index is 0.682. The van der Waals surface area contributed by atoms with Crippen LogP contribution in [0.4, 0.5) is 5.82 Å². The van der Waals surface area contributed by atoms with Crippen LogP contribution < -0.4 is 11.1 Å². The Hall–Kier alpha value is -1.55. The second-order valence-corrected chi connectivity index (χ2v) is 3.60. The van der Waals surface area contributed by atoms with Crippen LogP contribution in [0.2, 0.25) is 0 Å². The van der Waals surface area contributed by atoms with Gasteiger partial charge in [-0.05, 0) is 37.6 Å². The molecule has 3 N–H and O–H groups in total. The zero-order chi connectivity index (χ0) is 10.7. The highest BCUT2D eigenvalue weighted by molar-refractivity contribution is 5.88. The fourth-order valence-electron chi connectivity index (χ4n) is 1.48. The molecule has 4 nitrogen and oxygen atoms in total. The maximum atomic E-state index is 5.42. The minimum Gasteiger partial charge on any atom is -0.367 e. The van der Waals surface area contributed by atoms with Gasteiger partial charge in [-0.15, -0.1) is 0 Å². The van der Waals surface area contributed by atoms with Crippen LogP contribution in [0.3, 0.4) is 0 Å². The van der Waals surface area contributed by atoms with Gasteiger partial charge < -0.3 is 15.6 Å². The van der Waals surface area contributed by atoms with Gasteiger partial charge in [0.25, 0.3) is 0 Å².